The summed E-state index contributed by atoms with van der Waals surface area (Å²) in [5.74, 6) is 1.67. The standard InChI is InChI=1S/C18H21N5O3S2/c1-22(12-28(24)25)11-14-9-15-17(23-5-7-26-8-6-23)20-16(21-18(15)27-14)13-3-2-4-19-10-13/h2-4,9-10H,5-8,11-12H2,1H3,(H,24,25). The highest BCUT2D eigenvalue weighted by Crippen LogP contribution is 2.34. The summed E-state index contributed by atoms with van der Waals surface area (Å²) in [7, 11) is 1.83. The van der Waals surface area contributed by atoms with Crippen molar-refractivity contribution in [3.05, 3.63) is 35.5 Å². The Morgan fingerprint density at radius 2 is 2.18 bits per heavy atom. The summed E-state index contributed by atoms with van der Waals surface area (Å²) in [6, 6.07) is 5.92. The Hall–Kier alpha value is -1.98. The first kappa shape index (κ1) is 19.3. The minimum absolute atomic E-state index is 0.108. The Morgan fingerprint density at radius 3 is 2.89 bits per heavy atom. The maximum atomic E-state index is 11.1. The number of rotatable bonds is 6. The molecule has 4 heterocycles. The summed E-state index contributed by atoms with van der Waals surface area (Å²) in [6.07, 6.45) is 3.50. The zero-order chi connectivity index (χ0) is 19.5. The molecule has 10 heteroatoms. The second kappa shape index (κ2) is 8.58. The van der Waals surface area contributed by atoms with Gasteiger partial charge in [-0.1, -0.05) is 0 Å². The van der Waals surface area contributed by atoms with Gasteiger partial charge in [0, 0.05) is 42.5 Å². The minimum Gasteiger partial charge on any atom is -0.378 e. The smallest absolute Gasteiger partial charge is 0.167 e. The van der Waals surface area contributed by atoms with Gasteiger partial charge < -0.3 is 14.2 Å². The van der Waals surface area contributed by atoms with Crippen molar-refractivity contribution in [2.75, 3.05) is 44.1 Å². The second-order valence-corrected chi connectivity index (χ2v) is 8.62. The van der Waals surface area contributed by atoms with Crippen molar-refractivity contribution in [2.24, 2.45) is 0 Å². The molecule has 1 aliphatic heterocycles. The number of ether oxygens (including phenoxy) is 1. The van der Waals surface area contributed by atoms with Crippen molar-refractivity contribution < 1.29 is 13.5 Å². The van der Waals surface area contributed by atoms with E-state index in [0.29, 0.717) is 25.6 Å². The Kier molecular flexibility index (Phi) is 5.93. The summed E-state index contributed by atoms with van der Waals surface area (Å²) in [6.45, 7) is 3.50. The lowest BCUT2D eigenvalue weighted by Crippen LogP contribution is -2.37. The molecule has 0 bridgehead atoms. The number of hydrogen-bond donors (Lipinski definition) is 1. The molecule has 1 aliphatic rings. The highest BCUT2D eigenvalue weighted by molar-refractivity contribution is 7.79. The van der Waals surface area contributed by atoms with Crippen molar-refractivity contribution in [3.8, 4) is 11.4 Å². The van der Waals surface area contributed by atoms with Gasteiger partial charge in [0.2, 0.25) is 0 Å². The summed E-state index contributed by atoms with van der Waals surface area (Å²) in [5.41, 5.74) is 0.877. The van der Waals surface area contributed by atoms with Crippen LogP contribution >= 0.6 is 11.3 Å². The van der Waals surface area contributed by atoms with E-state index in [-0.39, 0.29) is 5.88 Å². The maximum absolute atomic E-state index is 11.1. The molecule has 148 valence electrons. The van der Waals surface area contributed by atoms with Crippen molar-refractivity contribution in [1.29, 1.82) is 0 Å². The fourth-order valence-electron chi connectivity index (χ4n) is 3.17. The molecule has 0 spiro atoms. The van der Waals surface area contributed by atoms with Gasteiger partial charge in [-0.2, -0.15) is 0 Å². The molecule has 0 amide bonds. The van der Waals surface area contributed by atoms with Crippen LogP contribution in [-0.2, 0) is 22.4 Å². The third kappa shape index (κ3) is 4.36. The Morgan fingerprint density at radius 1 is 1.36 bits per heavy atom. The number of aromatic nitrogens is 3. The van der Waals surface area contributed by atoms with Crippen LogP contribution in [0.5, 0.6) is 0 Å². The molecular formula is C18H21N5O3S2. The highest BCUT2D eigenvalue weighted by Gasteiger charge is 2.20. The van der Waals surface area contributed by atoms with Crippen molar-refractivity contribution in [1.82, 2.24) is 19.9 Å². The highest BCUT2D eigenvalue weighted by atomic mass is 32.2. The molecular weight excluding hydrogens is 398 g/mol. The number of pyridine rings is 1. The Balaban J connectivity index is 1.75. The molecule has 0 aliphatic carbocycles. The average Bonchev–Trinajstić information content (AvgIpc) is 3.10. The van der Waals surface area contributed by atoms with E-state index in [1.54, 1.807) is 23.7 Å². The van der Waals surface area contributed by atoms with Crippen LogP contribution in [-0.4, -0.2) is 67.8 Å². The van der Waals surface area contributed by atoms with Gasteiger partial charge in [0.25, 0.3) is 0 Å². The third-order valence-electron chi connectivity index (χ3n) is 4.41. The normalized spacial score (nSPS) is 16.0. The molecule has 1 saturated heterocycles. The van der Waals surface area contributed by atoms with Gasteiger partial charge in [0.15, 0.2) is 16.9 Å². The maximum Gasteiger partial charge on any atom is 0.167 e. The van der Waals surface area contributed by atoms with E-state index in [0.717, 1.165) is 39.6 Å². The van der Waals surface area contributed by atoms with Gasteiger partial charge >= 0.3 is 0 Å². The van der Waals surface area contributed by atoms with Gasteiger partial charge in [-0.25, -0.2) is 14.2 Å². The molecule has 3 aromatic heterocycles. The summed E-state index contributed by atoms with van der Waals surface area (Å²) >= 11 is -0.262. The van der Waals surface area contributed by atoms with Crippen LogP contribution in [0.15, 0.2) is 30.6 Å². The van der Waals surface area contributed by atoms with E-state index in [4.69, 9.17) is 19.3 Å². The number of hydrogen-bond acceptors (Lipinski definition) is 8. The van der Waals surface area contributed by atoms with Crippen LogP contribution < -0.4 is 4.90 Å². The Bertz CT molecular complexity index is 976. The van der Waals surface area contributed by atoms with Crippen molar-refractivity contribution in [3.63, 3.8) is 0 Å². The van der Waals surface area contributed by atoms with Crippen LogP contribution in [0.2, 0.25) is 0 Å². The van der Waals surface area contributed by atoms with E-state index in [2.05, 4.69) is 16.0 Å². The number of morpholine rings is 1. The predicted octanol–water partition coefficient (Wildman–Crippen LogP) is 2.20. The van der Waals surface area contributed by atoms with E-state index in [1.807, 2.05) is 24.1 Å². The van der Waals surface area contributed by atoms with Gasteiger partial charge in [-0.3, -0.25) is 9.88 Å². The van der Waals surface area contributed by atoms with Gasteiger partial charge in [0.1, 0.15) is 16.5 Å². The number of fused-ring (bicyclic) bond motifs is 1. The van der Waals surface area contributed by atoms with Crippen LogP contribution in [0, 0.1) is 0 Å². The molecule has 1 fully saturated rings. The average molecular weight is 420 g/mol. The van der Waals surface area contributed by atoms with Gasteiger partial charge in [-0.15, -0.1) is 11.3 Å². The molecule has 0 radical (unpaired) electrons. The fraction of sp³-hybridized carbons (Fsp3) is 0.389. The van der Waals surface area contributed by atoms with Crippen molar-refractivity contribution >= 4 is 38.5 Å². The second-order valence-electron chi connectivity index (χ2n) is 6.61. The summed E-state index contributed by atoms with van der Waals surface area (Å²) in [4.78, 5) is 19.9. The summed E-state index contributed by atoms with van der Waals surface area (Å²) in [5, 5.41) is 1.01. The molecule has 0 aromatic carbocycles. The zero-order valence-corrected chi connectivity index (χ0v) is 17.1. The lowest BCUT2D eigenvalue weighted by Gasteiger charge is -2.28. The predicted molar refractivity (Wildman–Crippen MR) is 111 cm³/mol. The van der Waals surface area contributed by atoms with Crippen LogP contribution in [0.4, 0.5) is 5.82 Å². The largest absolute Gasteiger partial charge is 0.378 e. The molecule has 1 unspecified atom stereocenters. The zero-order valence-electron chi connectivity index (χ0n) is 15.4. The SMILES string of the molecule is CN(Cc1cc2c(N3CCOCC3)nc(-c3cccnc3)nc2s1)CS(=O)O. The molecule has 3 aromatic rings. The summed E-state index contributed by atoms with van der Waals surface area (Å²) < 4.78 is 25.7. The van der Waals surface area contributed by atoms with Crippen molar-refractivity contribution in [2.45, 2.75) is 6.54 Å². The monoisotopic (exact) mass is 419 g/mol. The lowest BCUT2D eigenvalue weighted by molar-refractivity contribution is 0.122. The van der Waals surface area contributed by atoms with Gasteiger partial charge in [0.05, 0.1) is 18.6 Å². The molecule has 0 saturated carbocycles. The molecule has 1 N–H and O–H groups in total. The number of nitrogens with zero attached hydrogens (tertiary/aromatic N) is 5. The topological polar surface area (TPSA) is 91.7 Å². The molecule has 4 rings (SSSR count). The van der Waals surface area contributed by atoms with Crippen LogP contribution in [0.3, 0.4) is 0 Å². The number of anilines is 1. The first-order chi connectivity index (χ1) is 13.6. The lowest BCUT2D eigenvalue weighted by atomic mass is 10.2. The van der Waals surface area contributed by atoms with E-state index in [9.17, 15) is 4.21 Å². The minimum atomic E-state index is -1.85. The third-order valence-corrected chi connectivity index (χ3v) is 6.09. The molecule has 28 heavy (non-hydrogen) atoms. The first-order valence-corrected chi connectivity index (χ1v) is 11.0. The Labute approximate surface area is 169 Å². The molecule has 8 nitrogen and oxygen atoms in total. The van der Waals surface area contributed by atoms with E-state index in [1.165, 1.54) is 0 Å². The van der Waals surface area contributed by atoms with Gasteiger partial charge in [-0.05, 0) is 25.2 Å². The molecule has 1 atom stereocenters. The fourth-order valence-corrected chi connectivity index (χ4v) is 4.75. The first-order valence-electron chi connectivity index (χ1n) is 8.89. The van der Waals surface area contributed by atoms with Crippen LogP contribution in [0.1, 0.15) is 4.88 Å². The van der Waals surface area contributed by atoms with E-state index < -0.39 is 11.1 Å². The quantitative estimate of drug-likeness (QED) is 0.608. The number of thiophene rings is 1. The van der Waals surface area contributed by atoms with E-state index >= 15 is 0 Å². The van der Waals surface area contributed by atoms with Crippen LogP contribution in [0.25, 0.3) is 21.6 Å².